The molecule has 0 aliphatic rings. The Morgan fingerprint density at radius 3 is 2.12 bits per heavy atom. The van der Waals surface area contributed by atoms with Crippen LogP contribution in [-0.4, -0.2) is 17.2 Å². The molecule has 33 heavy (non-hydrogen) atoms. The van der Waals surface area contributed by atoms with Crippen LogP contribution < -0.4 is 4.74 Å². The molecule has 0 unspecified atom stereocenters. The zero-order valence-corrected chi connectivity index (χ0v) is 18.8. The number of nitrogens with zero attached hydrogens (tertiary/aromatic N) is 2. The van der Waals surface area contributed by atoms with Crippen LogP contribution in [0.15, 0.2) is 102 Å². The van der Waals surface area contributed by atoms with Crippen molar-refractivity contribution in [3.05, 3.63) is 103 Å². The smallest absolute Gasteiger partial charge is 0.308 e. The molecule has 5 heteroatoms. The third-order valence-corrected chi connectivity index (χ3v) is 6.22. The molecule has 1 aromatic heterocycles. The number of thiazole rings is 1. The quantitative estimate of drug-likeness (QED) is 0.161. The number of carbonyl (C=O) groups excluding carboxylic acids is 1. The molecule has 0 saturated carbocycles. The third-order valence-electron chi connectivity index (χ3n) is 5.13. The highest BCUT2D eigenvalue weighted by Crippen LogP contribution is 2.31. The summed E-state index contributed by atoms with van der Waals surface area (Å²) in [5.74, 6) is 0.224. The third kappa shape index (κ3) is 4.89. The van der Waals surface area contributed by atoms with Crippen molar-refractivity contribution in [1.29, 1.82) is 0 Å². The fourth-order valence-corrected chi connectivity index (χ4v) is 4.45. The zero-order valence-electron chi connectivity index (χ0n) is 17.9. The molecule has 0 aliphatic carbocycles. The Kier molecular flexibility index (Phi) is 5.79. The van der Waals surface area contributed by atoms with E-state index in [0.29, 0.717) is 5.75 Å². The summed E-state index contributed by atoms with van der Waals surface area (Å²) in [6.07, 6.45) is 1.86. The lowest BCUT2D eigenvalue weighted by atomic mass is 10.0. The highest BCUT2D eigenvalue weighted by molar-refractivity contribution is 7.21. The molecule has 0 bridgehead atoms. The Labute approximate surface area is 195 Å². The van der Waals surface area contributed by atoms with Crippen molar-refractivity contribution < 1.29 is 9.53 Å². The molecule has 0 aliphatic heterocycles. The summed E-state index contributed by atoms with van der Waals surface area (Å²) < 4.78 is 6.28. The van der Waals surface area contributed by atoms with E-state index in [2.05, 4.69) is 35.3 Å². The molecule has 0 fully saturated rings. The zero-order chi connectivity index (χ0) is 22.6. The van der Waals surface area contributed by atoms with E-state index < -0.39 is 0 Å². The van der Waals surface area contributed by atoms with Gasteiger partial charge in [0.25, 0.3) is 0 Å². The number of benzene rings is 4. The number of hydrogen-bond donors (Lipinski definition) is 0. The molecule has 4 aromatic carbocycles. The van der Waals surface area contributed by atoms with Crippen LogP contribution in [0.25, 0.3) is 31.9 Å². The Bertz CT molecular complexity index is 1400. The lowest BCUT2D eigenvalue weighted by Gasteiger charge is -2.05. The normalized spacial score (nSPS) is 11.2. The van der Waals surface area contributed by atoms with Gasteiger partial charge in [-0.15, -0.1) is 11.3 Å². The van der Waals surface area contributed by atoms with Gasteiger partial charge >= 0.3 is 5.97 Å². The number of carbonyl (C=O) groups is 1. The molecule has 0 radical (unpaired) electrons. The Balaban J connectivity index is 1.27. The topological polar surface area (TPSA) is 51.5 Å². The maximum Gasteiger partial charge on any atom is 0.308 e. The number of para-hydroxylation sites is 1. The maximum atomic E-state index is 11.0. The molecule has 5 aromatic rings. The molecule has 160 valence electrons. The summed E-state index contributed by atoms with van der Waals surface area (Å²) in [5.41, 5.74) is 6.18. The average molecular weight is 449 g/mol. The van der Waals surface area contributed by atoms with Gasteiger partial charge in [-0.3, -0.25) is 9.79 Å². The van der Waals surface area contributed by atoms with Crippen LogP contribution in [0, 0.1) is 0 Å². The molecule has 5 rings (SSSR count). The molecular weight excluding hydrogens is 428 g/mol. The van der Waals surface area contributed by atoms with E-state index >= 15 is 0 Å². The van der Waals surface area contributed by atoms with Crippen LogP contribution in [0.5, 0.6) is 5.75 Å². The summed E-state index contributed by atoms with van der Waals surface area (Å²) >= 11 is 1.70. The molecule has 0 spiro atoms. The minimum Gasteiger partial charge on any atom is -0.427 e. The molecule has 0 saturated heterocycles. The van der Waals surface area contributed by atoms with Crippen LogP contribution >= 0.6 is 11.3 Å². The minimum atomic E-state index is -0.322. The summed E-state index contributed by atoms with van der Waals surface area (Å²) in [6, 6.07) is 32.0. The van der Waals surface area contributed by atoms with Gasteiger partial charge in [-0.2, -0.15) is 0 Å². The fraction of sp³-hybridized carbons (Fsp3) is 0.0357. The number of esters is 1. The summed E-state index contributed by atoms with van der Waals surface area (Å²) in [5, 5.41) is 1.02. The number of aromatic nitrogens is 1. The Morgan fingerprint density at radius 1 is 0.818 bits per heavy atom. The SMILES string of the molecule is CC(=O)Oc1ccc(-c2ccc(C=Nc3ccc(-c4nc5ccccc5s4)cc3)cc2)cc1. The van der Waals surface area contributed by atoms with Gasteiger partial charge in [-0.1, -0.05) is 48.5 Å². The molecule has 0 N–H and O–H groups in total. The number of aliphatic imine (C=N–C) groups is 1. The van der Waals surface area contributed by atoms with Crippen LogP contribution in [-0.2, 0) is 4.79 Å². The molecular formula is C28H20N2O2S. The van der Waals surface area contributed by atoms with Crippen molar-refractivity contribution in [2.75, 3.05) is 0 Å². The van der Waals surface area contributed by atoms with Crippen LogP contribution in [0.4, 0.5) is 5.69 Å². The molecule has 1 heterocycles. The second kappa shape index (κ2) is 9.18. The molecule has 0 atom stereocenters. The molecule has 0 amide bonds. The number of hydrogen-bond acceptors (Lipinski definition) is 5. The first kappa shape index (κ1) is 20.8. The number of rotatable bonds is 5. The van der Waals surface area contributed by atoms with E-state index in [9.17, 15) is 4.79 Å². The predicted octanol–water partition coefficient (Wildman–Crippen LogP) is 7.31. The van der Waals surface area contributed by atoms with Gasteiger partial charge in [0.15, 0.2) is 0 Å². The van der Waals surface area contributed by atoms with E-state index in [1.54, 1.807) is 23.5 Å². The van der Waals surface area contributed by atoms with Gasteiger partial charge in [0, 0.05) is 18.7 Å². The first-order valence-corrected chi connectivity index (χ1v) is 11.3. The van der Waals surface area contributed by atoms with Crippen molar-refractivity contribution in [2.24, 2.45) is 4.99 Å². The summed E-state index contributed by atoms with van der Waals surface area (Å²) in [7, 11) is 0. The standard InChI is InChI=1S/C28H20N2O2S/c1-19(31)32-25-16-12-22(13-17-25)21-8-6-20(7-9-21)18-29-24-14-10-23(11-15-24)28-30-26-4-2-3-5-27(26)33-28/h2-18H,1H3. The van der Waals surface area contributed by atoms with Crippen molar-refractivity contribution in [3.63, 3.8) is 0 Å². The highest BCUT2D eigenvalue weighted by atomic mass is 32.1. The fourth-order valence-electron chi connectivity index (χ4n) is 3.48. The average Bonchev–Trinajstić information content (AvgIpc) is 3.28. The van der Waals surface area contributed by atoms with Gasteiger partial charge in [-0.05, 0) is 65.2 Å². The second-order valence-corrected chi connectivity index (χ2v) is 8.56. The first-order chi connectivity index (χ1) is 16.1. The van der Waals surface area contributed by atoms with Gasteiger partial charge in [0.1, 0.15) is 10.8 Å². The largest absolute Gasteiger partial charge is 0.427 e. The Hall–Kier alpha value is -4.09. The Morgan fingerprint density at radius 2 is 1.45 bits per heavy atom. The maximum absolute atomic E-state index is 11.0. The minimum absolute atomic E-state index is 0.322. The summed E-state index contributed by atoms with van der Waals surface area (Å²) in [6.45, 7) is 1.39. The highest BCUT2D eigenvalue weighted by Gasteiger charge is 2.05. The van der Waals surface area contributed by atoms with Gasteiger partial charge in [0.05, 0.1) is 15.9 Å². The van der Waals surface area contributed by atoms with Crippen LogP contribution in [0.1, 0.15) is 12.5 Å². The van der Waals surface area contributed by atoms with Gasteiger partial charge in [0.2, 0.25) is 0 Å². The van der Waals surface area contributed by atoms with Gasteiger partial charge < -0.3 is 4.74 Å². The lowest BCUT2D eigenvalue weighted by molar-refractivity contribution is -0.131. The van der Waals surface area contributed by atoms with Crippen molar-refractivity contribution in [2.45, 2.75) is 6.92 Å². The summed E-state index contributed by atoms with van der Waals surface area (Å²) in [4.78, 5) is 20.4. The van der Waals surface area contributed by atoms with E-state index in [1.165, 1.54) is 11.6 Å². The molecule has 4 nitrogen and oxygen atoms in total. The monoisotopic (exact) mass is 448 g/mol. The second-order valence-electron chi connectivity index (χ2n) is 7.53. The number of ether oxygens (including phenoxy) is 1. The van der Waals surface area contributed by atoms with E-state index in [1.807, 2.05) is 60.8 Å². The van der Waals surface area contributed by atoms with Crippen LogP contribution in [0.3, 0.4) is 0 Å². The van der Waals surface area contributed by atoms with E-state index in [0.717, 1.165) is 38.5 Å². The lowest BCUT2D eigenvalue weighted by Crippen LogP contribution is -2.00. The number of fused-ring (bicyclic) bond motifs is 1. The van der Waals surface area contributed by atoms with E-state index in [4.69, 9.17) is 9.72 Å². The van der Waals surface area contributed by atoms with Crippen molar-refractivity contribution in [1.82, 2.24) is 4.98 Å². The van der Waals surface area contributed by atoms with E-state index in [-0.39, 0.29) is 5.97 Å². The van der Waals surface area contributed by atoms with Crippen molar-refractivity contribution >= 4 is 39.4 Å². The van der Waals surface area contributed by atoms with Gasteiger partial charge in [-0.25, -0.2) is 4.98 Å². The first-order valence-electron chi connectivity index (χ1n) is 10.5. The van der Waals surface area contributed by atoms with Crippen molar-refractivity contribution in [3.8, 4) is 27.4 Å². The predicted molar refractivity (Wildman–Crippen MR) is 135 cm³/mol. The van der Waals surface area contributed by atoms with Crippen LogP contribution in [0.2, 0.25) is 0 Å².